The van der Waals surface area contributed by atoms with Gasteiger partial charge >= 0.3 is 0 Å². The van der Waals surface area contributed by atoms with Gasteiger partial charge in [0.1, 0.15) is 0 Å². The minimum absolute atomic E-state index is 0.0524. The average molecular weight is 289 g/mol. The molecule has 0 unspecified atom stereocenters. The number of hydrogen-bond acceptors (Lipinski definition) is 1. The maximum atomic E-state index is 12.5. The predicted molar refractivity (Wildman–Crippen MR) is 86.5 cm³/mol. The van der Waals surface area contributed by atoms with Crippen molar-refractivity contribution in [3.63, 3.8) is 0 Å². The van der Waals surface area contributed by atoms with Crippen LogP contribution in [0.4, 0.5) is 0 Å². The van der Waals surface area contributed by atoms with Gasteiger partial charge in [0.25, 0.3) is 5.91 Å². The maximum Gasteiger partial charge on any atom is 0.251 e. The molecule has 116 valence electrons. The second-order valence-corrected chi connectivity index (χ2v) is 8.00. The molecule has 2 rings (SSSR count). The van der Waals surface area contributed by atoms with Gasteiger partial charge in [-0.25, -0.2) is 0 Å². The quantitative estimate of drug-likeness (QED) is 0.862. The van der Waals surface area contributed by atoms with Gasteiger partial charge in [-0.2, -0.15) is 0 Å². The number of rotatable bonds is 2. The van der Waals surface area contributed by atoms with Gasteiger partial charge in [0.05, 0.1) is 11.1 Å². The number of aryl methyl sites for hydroxylation is 2. The van der Waals surface area contributed by atoms with Gasteiger partial charge in [-0.3, -0.25) is 4.79 Å². The van der Waals surface area contributed by atoms with Crippen molar-refractivity contribution in [1.82, 2.24) is 5.32 Å². The fraction of sp³-hybridized carbons (Fsp3) is 0.611. The smallest absolute Gasteiger partial charge is 0.251 e. The third-order valence-electron chi connectivity index (χ3n) is 4.43. The number of quaternary nitrogens is 1. The first-order valence-electron chi connectivity index (χ1n) is 7.83. The van der Waals surface area contributed by atoms with Gasteiger partial charge in [0.2, 0.25) is 0 Å². The minimum Gasteiger partial charge on any atom is -0.349 e. The van der Waals surface area contributed by atoms with Crippen molar-refractivity contribution >= 4 is 5.91 Å². The molecular weight excluding hydrogens is 260 g/mol. The molecule has 0 atom stereocenters. The van der Waals surface area contributed by atoms with Gasteiger partial charge in [0.15, 0.2) is 0 Å². The van der Waals surface area contributed by atoms with Gasteiger partial charge in [0, 0.05) is 24.4 Å². The standard InChI is InChI=1S/C18H28N2O/c1-12-7-8-14(9-13(12)2)16(21)19-15-10-17(3,4)20-18(5,6)11-15/h7-9,15,20H,10-11H2,1-6H3,(H,19,21)/p+1. The van der Waals surface area contributed by atoms with Crippen LogP contribution in [-0.4, -0.2) is 23.0 Å². The molecule has 0 saturated carbocycles. The molecule has 0 spiro atoms. The third-order valence-corrected chi connectivity index (χ3v) is 4.43. The van der Waals surface area contributed by atoms with Crippen LogP contribution in [0.5, 0.6) is 0 Å². The highest BCUT2D eigenvalue weighted by Crippen LogP contribution is 2.22. The van der Waals surface area contributed by atoms with Crippen LogP contribution in [-0.2, 0) is 0 Å². The van der Waals surface area contributed by atoms with E-state index in [9.17, 15) is 4.79 Å². The number of piperidine rings is 1. The molecule has 3 heteroatoms. The van der Waals surface area contributed by atoms with Crippen LogP contribution in [0, 0.1) is 13.8 Å². The average Bonchev–Trinajstić information content (AvgIpc) is 2.28. The Morgan fingerprint density at radius 2 is 1.67 bits per heavy atom. The molecule has 1 aromatic carbocycles. The second-order valence-electron chi connectivity index (χ2n) is 8.00. The minimum atomic E-state index is 0.0524. The summed E-state index contributed by atoms with van der Waals surface area (Å²) < 4.78 is 0. The number of carbonyl (C=O) groups is 1. The van der Waals surface area contributed by atoms with E-state index >= 15 is 0 Å². The highest BCUT2D eigenvalue weighted by atomic mass is 16.1. The predicted octanol–water partition coefficient (Wildman–Crippen LogP) is 2.32. The Hall–Kier alpha value is -1.35. The normalized spacial score (nSPS) is 21.0. The lowest BCUT2D eigenvalue weighted by atomic mass is 9.79. The summed E-state index contributed by atoms with van der Waals surface area (Å²) in [5.74, 6) is 0.0524. The van der Waals surface area contributed by atoms with Crippen molar-refractivity contribution in [2.24, 2.45) is 0 Å². The van der Waals surface area contributed by atoms with Crippen molar-refractivity contribution in [3.05, 3.63) is 34.9 Å². The summed E-state index contributed by atoms with van der Waals surface area (Å²) in [7, 11) is 0. The molecular formula is C18H29N2O+. The topological polar surface area (TPSA) is 45.7 Å². The lowest BCUT2D eigenvalue weighted by Gasteiger charge is -2.43. The van der Waals surface area contributed by atoms with Gasteiger partial charge < -0.3 is 10.6 Å². The molecule has 0 aromatic heterocycles. The Kier molecular flexibility index (Phi) is 4.16. The molecule has 3 N–H and O–H groups in total. The zero-order valence-corrected chi connectivity index (χ0v) is 14.2. The Labute approximate surface area is 128 Å². The summed E-state index contributed by atoms with van der Waals surface area (Å²) in [6.45, 7) is 13.1. The molecule has 3 nitrogen and oxygen atoms in total. The van der Waals surface area contributed by atoms with E-state index in [0.717, 1.165) is 18.4 Å². The number of amides is 1. The lowest BCUT2D eigenvalue weighted by molar-refractivity contribution is -0.787. The number of carbonyl (C=O) groups excluding carboxylic acids is 1. The van der Waals surface area contributed by atoms with E-state index in [-0.39, 0.29) is 23.0 Å². The Morgan fingerprint density at radius 1 is 1.10 bits per heavy atom. The molecule has 1 aliphatic heterocycles. The zero-order valence-electron chi connectivity index (χ0n) is 14.2. The van der Waals surface area contributed by atoms with Gasteiger partial charge in [-0.15, -0.1) is 0 Å². The molecule has 21 heavy (non-hydrogen) atoms. The molecule has 1 amide bonds. The van der Waals surface area contributed by atoms with E-state index in [1.807, 2.05) is 25.1 Å². The number of hydrogen-bond donors (Lipinski definition) is 2. The van der Waals surface area contributed by atoms with Crippen LogP contribution in [0.2, 0.25) is 0 Å². The summed E-state index contributed by atoms with van der Waals surface area (Å²) in [6.07, 6.45) is 2.01. The molecule has 1 aliphatic rings. The van der Waals surface area contributed by atoms with Crippen molar-refractivity contribution < 1.29 is 10.1 Å². The van der Waals surface area contributed by atoms with Crippen LogP contribution >= 0.6 is 0 Å². The third kappa shape index (κ3) is 4.07. The monoisotopic (exact) mass is 289 g/mol. The van der Waals surface area contributed by atoms with Crippen molar-refractivity contribution in [2.45, 2.75) is 71.5 Å². The zero-order chi connectivity index (χ0) is 15.8. The fourth-order valence-corrected chi connectivity index (χ4v) is 3.77. The molecule has 0 aliphatic carbocycles. The first-order chi connectivity index (χ1) is 9.58. The largest absolute Gasteiger partial charge is 0.349 e. The summed E-state index contributed by atoms with van der Waals surface area (Å²) >= 11 is 0. The van der Waals surface area contributed by atoms with Gasteiger partial charge in [-0.05, 0) is 64.8 Å². The van der Waals surface area contributed by atoms with Crippen molar-refractivity contribution in [2.75, 3.05) is 0 Å². The summed E-state index contributed by atoms with van der Waals surface area (Å²) in [6, 6.07) is 6.17. The first kappa shape index (κ1) is 16.0. The molecule has 1 fully saturated rings. The SMILES string of the molecule is Cc1ccc(C(=O)NC2CC(C)(C)[NH2+]C(C)(C)C2)cc1C. The molecule has 1 saturated heterocycles. The van der Waals surface area contributed by atoms with E-state index in [1.54, 1.807) is 0 Å². The first-order valence-corrected chi connectivity index (χ1v) is 7.83. The van der Waals surface area contributed by atoms with E-state index in [2.05, 4.69) is 45.3 Å². The van der Waals surface area contributed by atoms with E-state index < -0.39 is 0 Å². The second kappa shape index (κ2) is 5.45. The van der Waals surface area contributed by atoms with E-state index in [4.69, 9.17) is 0 Å². The van der Waals surface area contributed by atoms with E-state index in [0.29, 0.717) is 0 Å². The van der Waals surface area contributed by atoms with Crippen molar-refractivity contribution in [3.8, 4) is 0 Å². The van der Waals surface area contributed by atoms with Crippen molar-refractivity contribution in [1.29, 1.82) is 0 Å². The molecule has 0 bridgehead atoms. The fourth-order valence-electron chi connectivity index (χ4n) is 3.77. The van der Waals surface area contributed by atoms with Crippen LogP contribution in [0.1, 0.15) is 62.0 Å². The van der Waals surface area contributed by atoms with Crippen LogP contribution in [0.25, 0.3) is 0 Å². The lowest BCUT2D eigenvalue weighted by Crippen LogP contribution is -3.06. The summed E-state index contributed by atoms with van der Waals surface area (Å²) in [5.41, 5.74) is 3.50. The Morgan fingerprint density at radius 3 is 2.19 bits per heavy atom. The molecule has 1 heterocycles. The summed E-state index contributed by atoms with van der Waals surface area (Å²) in [4.78, 5) is 12.5. The summed E-state index contributed by atoms with van der Waals surface area (Å²) in [5, 5.41) is 5.66. The van der Waals surface area contributed by atoms with Crippen LogP contribution < -0.4 is 10.6 Å². The van der Waals surface area contributed by atoms with E-state index in [1.165, 1.54) is 11.1 Å². The number of benzene rings is 1. The van der Waals surface area contributed by atoms with Gasteiger partial charge in [-0.1, -0.05) is 6.07 Å². The Balaban J connectivity index is 2.10. The van der Waals surface area contributed by atoms with Crippen LogP contribution in [0.3, 0.4) is 0 Å². The maximum absolute atomic E-state index is 12.5. The van der Waals surface area contributed by atoms with Crippen LogP contribution in [0.15, 0.2) is 18.2 Å². The number of nitrogens with two attached hydrogens (primary N) is 1. The molecule has 1 aromatic rings. The number of nitrogens with one attached hydrogen (secondary N) is 1. The Bertz CT molecular complexity index is 530. The highest BCUT2D eigenvalue weighted by molar-refractivity contribution is 5.94. The highest BCUT2D eigenvalue weighted by Gasteiger charge is 2.42. The molecule has 0 radical (unpaired) electrons.